The molecule has 0 bridgehead atoms. The number of para-hydroxylation sites is 1. The number of hydrogen-bond acceptors (Lipinski definition) is 7. The Morgan fingerprint density at radius 2 is 1.64 bits per heavy atom. The maximum absolute atomic E-state index is 14.1. The fourth-order valence-electron chi connectivity index (χ4n) is 5.06. The molecule has 2 aliphatic heterocycles. The SMILES string of the molecule is COc1cccc(C(C)(C(=O)NN2C=C(c3ccc(C(F)(F)F)cc3)O[N+]2([O-])Cl)N2CCN(c3ccccc3)CC2)c1. The van der Waals surface area contributed by atoms with Gasteiger partial charge in [0.25, 0.3) is 17.7 Å². The number of methoxy groups -OCH3 is 1. The number of carbonyl (C=O) groups is 1. The summed E-state index contributed by atoms with van der Waals surface area (Å²) in [5, 5.41) is 13.8. The summed E-state index contributed by atoms with van der Waals surface area (Å²) in [4.78, 5) is 23.6. The summed E-state index contributed by atoms with van der Waals surface area (Å²) in [6.45, 7) is 4.10. The van der Waals surface area contributed by atoms with Gasteiger partial charge in [-0.15, -0.1) is 0 Å². The Kier molecular flexibility index (Phi) is 7.99. The Morgan fingerprint density at radius 1 is 0.976 bits per heavy atom. The first-order valence-electron chi connectivity index (χ1n) is 13.1. The van der Waals surface area contributed by atoms with E-state index in [1.54, 1.807) is 31.2 Å². The fourth-order valence-corrected chi connectivity index (χ4v) is 5.21. The van der Waals surface area contributed by atoms with Crippen molar-refractivity contribution in [1.82, 2.24) is 15.4 Å². The number of nitrogens with one attached hydrogen (secondary N) is 1. The molecule has 1 saturated heterocycles. The predicted molar refractivity (Wildman–Crippen MR) is 151 cm³/mol. The third-order valence-electron chi connectivity index (χ3n) is 7.53. The van der Waals surface area contributed by atoms with Gasteiger partial charge in [-0.2, -0.15) is 13.2 Å². The zero-order valence-corrected chi connectivity index (χ0v) is 23.6. The summed E-state index contributed by atoms with van der Waals surface area (Å²) in [6, 6.07) is 21.1. The summed E-state index contributed by atoms with van der Waals surface area (Å²) in [5.74, 6) is -0.139. The van der Waals surface area contributed by atoms with Crippen LogP contribution in [0, 0.1) is 5.21 Å². The van der Waals surface area contributed by atoms with Crippen LogP contribution in [-0.2, 0) is 21.3 Å². The van der Waals surface area contributed by atoms with E-state index in [4.69, 9.17) is 21.4 Å². The zero-order chi connectivity index (χ0) is 30.1. The lowest BCUT2D eigenvalue weighted by Gasteiger charge is -2.46. The zero-order valence-electron chi connectivity index (χ0n) is 22.8. The van der Waals surface area contributed by atoms with Crippen molar-refractivity contribution in [3.05, 3.63) is 107 Å². The van der Waals surface area contributed by atoms with E-state index in [2.05, 4.69) is 10.3 Å². The molecule has 1 amide bonds. The molecule has 0 radical (unpaired) electrons. The molecule has 0 saturated carbocycles. The van der Waals surface area contributed by atoms with Crippen molar-refractivity contribution in [3.8, 4) is 5.75 Å². The number of piperazine rings is 1. The first kappa shape index (κ1) is 29.5. The quantitative estimate of drug-likeness (QED) is 0.286. The number of nitrogens with zero attached hydrogens (tertiary/aromatic N) is 4. The minimum absolute atomic E-state index is 0.117. The van der Waals surface area contributed by atoms with Crippen LogP contribution in [0.15, 0.2) is 85.1 Å². The number of ether oxygens (including phenoxy) is 1. The number of amides is 1. The topological polar surface area (TPSA) is 80.3 Å². The summed E-state index contributed by atoms with van der Waals surface area (Å²) in [6.07, 6.45) is -3.38. The van der Waals surface area contributed by atoms with Crippen molar-refractivity contribution in [3.63, 3.8) is 0 Å². The lowest BCUT2D eigenvalue weighted by Crippen LogP contribution is -2.63. The summed E-state index contributed by atoms with van der Waals surface area (Å²) in [7, 11) is 1.53. The summed E-state index contributed by atoms with van der Waals surface area (Å²) < 4.78 is 42.4. The number of benzene rings is 3. The van der Waals surface area contributed by atoms with E-state index in [1.165, 1.54) is 7.11 Å². The largest absolute Gasteiger partial charge is 0.542 e. The van der Waals surface area contributed by atoms with E-state index in [1.807, 2.05) is 35.2 Å². The van der Waals surface area contributed by atoms with Crippen molar-refractivity contribution < 1.29 is 32.0 Å². The summed E-state index contributed by atoms with van der Waals surface area (Å²) >= 11 is 6.04. The molecule has 9 nitrogen and oxygen atoms in total. The highest BCUT2D eigenvalue weighted by Gasteiger charge is 2.47. The van der Waals surface area contributed by atoms with Crippen LogP contribution in [-0.4, -0.2) is 53.7 Å². The van der Waals surface area contributed by atoms with Crippen LogP contribution in [0.25, 0.3) is 5.76 Å². The number of quaternary nitrogens is 1. The molecule has 3 aromatic rings. The van der Waals surface area contributed by atoms with Gasteiger partial charge in [0, 0.05) is 37.4 Å². The first-order chi connectivity index (χ1) is 19.9. The fraction of sp³-hybridized carbons (Fsp3) is 0.276. The van der Waals surface area contributed by atoms with Crippen molar-refractivity contribution in [2.24, 2.45) is 0 Å². The van der Waals surface area contributed by atoms with Crippen molar-refractivity contribution >= 4 is 29.1 Å². The lowest BCUT2D eigenvalue weighted by molar-refractivity contribution is -1.04. The Hall–Kier alpha value is -3.97. The minimum atomic E-state index is -4.52. The molecule has 2 atom stereocenters. The third kappa shape index (κ3) is 5.84. The van der Waals surface area contributed by atoms with Crippen LogP contribution in [0.3, 0.4) is 0 Å². The van der Waals surface area contributed by atoms with E-state index in [-0.39, 0.29) is 11.3 Å². The van der Waals surface area contributed by atoms with Gasteiger partial charge in [0.05, 0.1) is 17.1 Å². The molecule has 13 heteroatoms. The molecule has 1 N–H and O–H groups in total. The number of hydrogen-bond donors (Lipinski definition) is 1. The van der Waals surface area contributed by atoms with E-state index < -0.39 is 27.6 Å². The number of carbonyl (C=O) groups excluding carboxylic acids is 1. The molecule has 2 aliphatic rings. The van der Waals surface area contributed by atoms with Gasteiger partial charge in [-0.05, 0) is 48.9 Å². The van der Waals surface area contributed by atoms with E-state index in [0.29, 0.717) is 37.5 Å². The molecule has 0 aliphatic carbocycles. The second-order valence-corrected chi connectivity index (χ2v) is 10.4. The number of anilines is 1. The molecule has 42 heavy (non-hydrogen) atoms. The minimum Gasteiger partial charge on any atom is -0.542 e. The van der Waals surface area contributed by atoms with Crippen LogP contribution in [0.5, 0.6) is 5.75 Å². The average Bonchev–Trinajstić information content (AvgIpc) is 3.30. The van der Waals surface area contributed by atoms with Gasteiger partial charge in [0.15, 0.2) is 0 Å². The molecule has 3 aromatic carbocycles. The van der Waals surface area contributed by atoms with Gasteiger partial charge in [0.2, 0.25) is 5.76 Å². The van der Waals surface area contributed by atoms with Crippen LogP contribution < -0.4 is 15.1 Å². The predicted octanol–water partition coefficient (Wildman–Crippen LogP) is 5.41. The third-order valence-corrected chi connectivity index (χ3v) is 7.76. The lowest BCUT2D eigenvalue weighted by atomic mass is 9.88. The van der Waals surface area contributed by atoms with Gasteiger partial charge < -0.3 is 14.8 Å². The Balaban J connectivity index is 1.41. The Labute approximate surface area is 246 Å². The maximum atomic E-state index is 14.1. The Morgan fingerprint density at radius 3 is 2.26 bits per heavy atom. The van der Waals surface area contributed by atoms with E-state index >= 15 is 0 Å². The molecule has 0 spiro atoms. The highest BCUT2D eigenvalue weighted by Crippen LogP contribution is 2.37. The molecule has 2 unspecified atom stereocenters. The second kappa shape index (κ2) is 11.4. The second-order valence-electron chi connectivity index (χ2n) is 10.0. The number of alkyl halides is 3. The average molecular weight is 604 g/mol. The molecular weight excluding hydrogens is 575 g/mol. The normalized spacial score (nSPS) is 20.9. The van der Waals surface area contributed by atoms with E-state index in [0.717, 1.165) is 41.3 Å². The van der Waals surface area contributed by atoms with Crippen molar-refractivity contribution in [2.45, 2.75) is 18.6 Å². The molecule has 5 rings (SSSR count). The van der Waals surface area contributed by atoms with Gasteiger partial charge in [-0.3, -0.25) is 14.5 Å². The van der Waals surface area contributed by atoms with Gasteiger partial charge >= 0.3 is 6.18 Å². The van der Waals surface area contributed by atoms with Crippen LogP contribution in [0.2, 0.25) is 0 Å². The van der Waals surface area contributed by atoms with Crippen LogP contribution in [0.1, 0.15) is 23.6 Å². The standard InChI is InChI=1S/C29H29ClF3N5O4/c1-28(23-7-6-10-25(19-23)41-2,36-17-15-35(16-18-36)24-8-4-3-5-9-24)27(39)34-37-20-26(42-38(37,30)40)21-11-13-22(14-12-21)29(31,32)33/h3-14,19-20H,15-18H2,1-2H3,(H,34,39). The highest BCUT2D eigenvalue weighted by atomic mass is 35.5. The van der Waals surface area contributed by atoms with Gasteiger partial charge in [0.1, 0.15) is 17.5 Å². The molecule has 222 valence electrons. The van der Waals surface area contributed by atoms with Gasteiger partial charge in [-0.1, -0.05) is 47.6 Å². The van der Waals surface area contributed by atoms with Crippen LogP contribution >= 0.6 is 11.8 Å². The van der Waals surface area contributed by atoms with Crippen LogP contribution in [0.4, 0.5) is 18.9 Å². The molecule has 1 fully saturated rings. The molecule has 0 aromatic heterocycles. The number of halogens is 4. The number of rotatable bonds is 7. The smallest absolute Gasteiger partial charge is 0.416 e. The molecular formula is C29H29ClF3N5O4. The summed E-state index contributed by atoms with van der Waals surface area (Å²) in [5.41, 5.74) is 2.31. The number of hydrazine groups is 1. The first-order valence-corrected chi connectivity index (χ1v) is 13.4. The highest BCUT2D eigenvalue weighted by molar-refractivity contribution is 6.06. The van der Waals surface area contributed by atoms with Crippen molar-refractivity contribution in [1.29, 1.82) is 0 Å². The van der Waals surface area contributed by atoms with Crippen molar-refractivity contribution in [2.75, 3.05) is 38.2 Å². The monoisotopic (exact) mass is 603 g/mol. The Bertz CT molecular complexity index is 1450. The maximum Gasteiger partial charge on any atom is 0.416 e. The molecule has 2 heterocycles. The van der Waals surface area contributed by atoms with Gasteiger partial charge in [-0.25, -0.2) is 5.43 Å². The van der Waals surface area contributed by atoms with E-state index in [9.17, 15) is 23.2 Å².